The van der Waals surface area contributed by atoms with E-state index in [-0.39, 0.29) is 5.91 Å². The van der Waals surface area contributed by atoms with Crippen LogP contribution in [0.3, 0.4) is 0 Å². The summed E-state index contributed by atoms with van der Waals surface area (Å²) in [7, 11) is 1.63. The number of aromatic nitrogens is 1. The summed E-state index contributed by atoms with van der Waals surface area (Å²) >= 11 is 1.42. The Hall–Kier alpha value is -2.74. The van der Waals surface area contributed by atoms with Crippen LogP contribution in [-0.4, -0.2) is 47.6 Å². The molecule has 2 N–H and O–H groups in total. The number of aliphatic hydroxyl groups is 1. The van der Waals surface area contributed by atoms with Crippen molar-refractivity contribution >= 4 is 22.4 Å². The lowest BCUT2D eigenvalue weighted by atomic mass is 9.84. The van der Waals surface area contributed by atoms with Crippen LogP contribution < -0.4 is 10.1 Å². The molecule has 0 spiro atoms. The van der Waals surface area contributed by atoms with E-state index in [1.165, 1.54) is 11.3 Å². The number of carbonyl (C=O) groups is 1. The van der Waals surface area contributed by atoms with Crippen LogP contribution in [0.15, 0.2) is 60.0 Å². The number of amides is 1. The Bertz CT molecular complexity index is 980. The molecule has 0 bridgehead atoms. The first-order chi connectivity index (χ1) is 14.6. The zero-order valence-electron chi connectivity index (χ0n) is 16.9. The van der Waals surface area contributed by atoms with Gasteiger partial charge in [-0.3, -0.25) is 9.69 Å². The molecule has 1 saturated heterocycles. The van der Waals surface area contributed by atoms with E-state index in [0.717, 1.165) is 22.6 Å². The van der Waals surface area contributed by atoms with E-state index >= 15 is 0 Å². The third-order valence-corrected chi connectivity index (χ3v) is 6.26. The quantitative estimate of drug-likeness (QED) is 0.632. The fourth-order valence-electron chi connectivity index (χ4n) is 3.71. The van der Waals surface area contributed by atoms with Crippen molar-refractivity contribution in [3.8, 4) is 17.0 Å². The minimum atomic E-state index is -0.862. The van der Waals surface area contributed by atoms with E-state index in [1.807, 2.05) is 60.0 Å². The lowest BCUT2D eigenvalue weighted by molar-refractivity contribution is -0.118. The number of ether oxygens (including phenoxy) is 1. The first-order valence-corrected chi connectivity index (χ1v) is 10.8. The average molecular weight is 424 g/mol. The average Bonchev–Trinajstić information content (AvgIpc) is 3.24. The Morgan fingerprint density at radius 3 is 2.53 bits per heavy atom. The fourth-order valence-corrected chi connectivity index (χ4v) is 4.44. The maximum absolute atomic E-state index is 12.5. The summed E-state index contributed by atoms with van der Waals surface area (Å²) < 4.78 is 5.19. The number of methoxy groups -OCH3 is 1. The van der Waals surface area contributed by atoms with E-state index in [1.54, 1.807) is 7.11 Å². The predicted octanol–water partition coefficient (Wildman–Crippen LogP) is 3.74. The van der Waals surface area contributed by atoms with Gasteiger partial charge in [0.2, 0.25) is 5.91 Å². The van der Waals surface area contributed by atoms with Crippen LogP contribution >= 0.6 is 11.3 Å². The van der Waals surface area contributed by atoms with Crippen molar-refractivity contribution in [2.24, 2.45) is 0 Å². The monoisotopic (exact) mass is 423 g/mol. The molecule has 0 aliphatic carbocycles. The molecule has 6 nitrogen and oxygen atoms in total. The summed E-state index contributed by atoms with van der Waals surface area (Å²) in [5.41, 5.74) is 1.92. The molecule has 1 aromatic heterocycles. The second-order valence-electron chi connectivity index (χ2n) is 7.49. The van der Waals surface area contributed by atoms with Gasteiger partial charge in [0.05, 0.1) is 24.9 Å². The maximum atomic E-state index is 12.5. The van der Waals surface area contributed by atoms with Crippen molar-refractivity contribution in [2.45, 2.75) is 18.4 Å². The molecule has 0 saturated carbocycles. The molecule has 1 aliphatic rings. The van der Waals surface area contributed by atoms with Crippen LogP contribution in [0.25, 0.3) is 11.3 Å². The Morgan fingerprint density at radius 1 is 1.17 bits per heavy atom. The van der Waals surface area contributed by atoms with Crippen molar-refractivity contribution in [2.75, 3.05) is 32.1 Å². The largest absolute Gasteiger partial charge is 0.497 e. The van der Waals surface area contributed by atoms with Gasteiger partial charge in [-0.2, -0.15) is 0 Å². The predicted molar refractivity (Wildman–Crippen MR) is 119 cm³/mol. The highest BCUT2D eigenvalue weighted by Crippen LogP contribution is 2.33. The minimum absolute atomic E-state index is 0.0844. The molecule has 0 unspecified atom stereocenters. The summed E-state index contributed by atoms with van der Waals surface area (Å²) in [6, 6.07) is 17.5. The van der Waals surface area contributed by atoms with Crippen LogP contribution in [0.4, 0.5) is 5.13 Å². The van der Waals surface area contributed by atoms with E-state index in [9.17, 15) is 9.90 Å². The van der Waals surface area contributed by atoms with Crippen molar-refractivity contribution < 1.29 is 14.6 Å². The standard InChI is InChI=1S/C23H25N3O3S/c1-29-19-9-7-18(8-10-19)23(28)11-13-26(14-12-23)15-21(27)25-22-24-20(16-30-22)17-5-3-2-4-6-17/h2-10,16,28H,11-15H2,1H3,(H,24,25,27). The number of hydrogen-bond donors (Lipinski definition) is 2. The second kappa shape index (κ2) is 8.95. The number of hydrogen-bond acceptors (Lipinski definition) is 6. The zero-order valence-corrected chi connectivity index (χ0v) is 17.7. The maximum Gasteiger partial charge on any atom is 0.240 e. The number of benzene rings is 2. The minimum Gasteiger partial charge on any atom is -0.497 e. The molecule has 1 amide bonds. The topological polar surface area (TPSA) is 74.7 Å². The fraction of sp³-hybridized carbons (Fsp3) is 0.304. The van der Waals surface area contributed by atoms with Crippen LogP contribution in [0.1, 0.15) is 18.4 Å². The highest BCUT2D eigenvalue weighted by molar-refractivity contribution is 7.14. The molecule has 0 atom stereocenters. The smallest absolute Gasteiger partial charge is 0.240 e. The molecule has 1 aliphatic heterocycles. The van der Waals surface area contributed by atoms with Gasteiger partial charge in [0.1, 0.15) is 5.75 Å². The molecule has 2 heterocycles. The SMILES string of the molecule is COc1ccc(C2(O)CCN(CC(=O)Nc3nc(-c4ccccc4)cs3)CC2)cc1. The third-order valence-electron chi connectivity index (χ3n) is 5.50. The van der Waals surface area contributed by atoms with E-state index in [0.29, 0.717) is 37.6 Å². The van der Waals surface area contributed by atoms with E-state index in [2.05, 4.69) is 15.2 Å². The van der Waals surface area contributed by atoms with Gasteiger partial charge in [0.15, 0.2) is 5.13 Å². The molecule has 7 heteroatoms. The van der Waals surface area contributed by atoms with Crippen LogP contribution in [0.5, 0.6) is 5.75 Å². The summed E-state index contributed by atoms with van der Waals surface area (Å²) in [6.45, 7) is 1.60. The van der Waals surface area contributed by atoms with Gasteiger partial charge in [-0.1, -0.05) is 42.5 Å². The zero-order chi connectivity index (χ0) is 21.0. The molecule has 156 valence electrons. The molecule has 30 heavy (non-hydrogen) atoms. The second-order valence-corrected chi connectivity index (χ2v) is 8.35. The molecular weight excluding hydrogens is 398 g/mol. The van der Waals surface area contributed by atoms with Crippen molar-refractivity contribution in [1.29, 1.82) is 0 Å². The number of nitrogens with one attached hydrogen (secondary N) is 1. The summed E-state index contributed by atoms with van der Waals surface area (Å²) in [5.74, 6) is 0.688. The number of anilines is 1. The number of nitrogens with zero attached hydrogens (tertiary/aromatic N) is 2. The summed E-state index contributed by atoms with van der Waals surface area (Å²) in [5, 5.41) is 16.5. The van der Waals surface area contributed by atoms with Crippen molar-refractivity contribution in [3.63, 3.8) is 0 Å². The first kappa shape index (κ1) is 20.5. The Labute approximate surface area is 180 Å². The van der Waals surface area contributed by atoms with E-state index < -0.39 is 5.60 Å². The number of likely N-dealkylation sites (tertiary alicyclic amines) is 1. The van der Waals surface area contributed by atoms with E-state index in [4.69, 9.17) is 4.74 Å². The van der Waals surface area contributed by atoms with Gasteiger partial charge >= 0.3 is 0 Å². The molecule has 1 fully saturated rings. The molecule has 2 aromatic carbocycles. The van der Waals surface area contributed by atoms with Gasteiger partial charge in [-0.05, 0) is 30.5 Å². The summed E-state index contributed by atoms with van der Waals surface area (Å²) in [4.78, 5) is 19.0. The lowest BCUT2D eigenvalue weighted by Gasteiger charge is -2.38. The number of piperidine rings is 1. The summed E-state index contributed by atoms with van der Waals surface area (Å²) in [6.07, 6.45) is 1.17. The van der Waals surface area contributed by atoms with Gasteiger partial charge in [0.25, 0.3) is 0 Å². The van der Waals surface area contributed by atoms with Crippen LogP contribution in [0, 0.1) is 0 Å². The molecule has 0 radical (unpaired) electrons. The van der Waals surface area contributed by atoms with Crippen LogP contribution in [0.2, 0.25) is 0 Å². The Balaban J connectivity index is 1.29. The van der Waals surface area contributed by atoms with Crippen molar-refractivity contribution in [3.05, 3.63) is 65.5 Å². The van der Waals surface area contributed by atoms with Gasteiger partial charge in [-0.15, -0.1) is 11.3 Å². The normalized spacial score (nSPS) is 16.2. The van der Waals surface area contributed by atoms with Crippen LogP contribution in [-0.2, 0) is 10.4 Å². The highest BCUT2D eigenvalue weighted by Gasteiger charge is 2.34. The third kappa shape index (κ3) is 4.70. The highest BCUT2D eigenvalue weighted by atomic mass is 32.1. The molecule has 3 aromatic rings. The Kier molecular flexibility index (Phi) is 6.13. The molecular formula is C23H25N3O3S. The molecule has 4 rings (SSSR count). The number of carbonyl (C=O) groups excluding carboxylic acids is 1. The lowest BCUT2D eigenvalue weighted by Crippen LogP contribution is -2.45. The van der Waals surface area contributed by atoms with Gasteiger partial charge in [-0.25, -0.2) is 4.98 Å². The first-order valence-electron chi connectivity index (χ1n) is 9.96. The Morgan fingerprint density at radius 2 is 1.87 bits per heavy atom. The number of rotatable bonds is 6. The van der Waals surface area contributed by atoms with Gasteiger partial charge < -0.3 is 15.2 Å². The van der Waals surface area contributed by atoms with Gasteiger partial charge in [0, 0.05) is 24.0 Å². The van der Waals surface area contributed by atoms with Crippen molar-refractivity contribution in [1.82, 2.24) is 9.88 Å². The number of thiazole rings is 1.